The molecule has 1 aromatic heterocycles. The van der Waals surface area contributed by atoms with Crippen LogP contribution in [0.1, 0.15) is 11.9 Å². The predicted octanol–water partition coefficient (Wildman–Crippen LogP) is -0.744. The number of ether oxygens (including phenoxy) is 1. The summed E-state index contributed by atoms with van der Waals surface area (Å²) in [6.45, 7) is 2.68. The summed E-state index contributed by atoms with van der Waals surface area (Å²) in [5, 5.41) is 19.5. The Labute approximate surface area is 175 Å². The van der Waals surface area contributed by atoms with Crippen molar-refractivity contribution >= 4 is 57.7 Å². The highest BCUT2D eigenvalue weighted by Crippen LogP contribution is 2.40. The Kier molecular flexibility index (Phi) is 6.33. The van der Waals surface area contributed by atoms with Crippen LogP contribution in [0.2, 0.25) is 0 Å². The van der Waals surface area contributed by atoms with E-state index in [4.69, 9.17) is 4.74 Å². The lowest BCUT2D eigenvalue weighted by Crippen LogP contribution is -2.70. The summed E-state index contributed by atoms with van der Waals surface area (Å²) in [5.74, 6) is -3.23. The molecule has 0 radical (unpaired) electrons. The maximum Gasteiger partial charge on any atom is 0.352 e. The van der Waals surface area contributed by atoms with Gasteiger partial charge in [-0.3, -0.25) is 23.5 Å². The molecule has 2 amide bonds. The summed E-state index contributed by atoms with van der Waals surface area (Å²) in [6, 6.07) is -0.926. The molecule has 0 bridgehead atoms. The van der Waals surface area contributed by atoms with Gasteiger partial charge < -0.3 is 15.2 Å². The molecule has 0 aromatic carbocycles. The molecule has 11 nitrogen and oxygen atoms in total. The van der Waals surface area contributed by atoms with Gasteiger partial charge in [0.25, 0.3) is 5.91 Å². The molecule has 0 aliphatic carbocycles. The summed E-state index contributed by atoms with van der Waals surface area (Å²) < 4.78 is 17.2. The minimum Gasteiger partial charge on any atom is -0.477 e. The van der Waals surface area contributed by atoms with Crippen LogP contribution in [0.5, 0.6) is 0 Å². The molecule has 156 valence electrons. The van der Waals surface area contributed by atoms with E-state index in [9.17, 15) is 28.5 Å². The van der Waals surface area contributed by atoms with Crippen LogP contribution in [-0.4, -0.2) is 77.7 Å². The monoisotopic (exact) mass is 460 g/mol. The van der Waals surface area contributed by atoms with Gasteiger partial charge in [0.2, 0.25) is 10.2 Å². The lowest BCUT2D eigenvalue weighted by molar-refractivity contribution is -0.150. The average molecular weight is 461 g/mol. The molecule has 2 N–H and O–H groups in total. The summed E-state index contributed by atoms with van der Waals surface area (Å²) in [4.78, 5) is 48.4. The second-order valence-electron chi connectivity index (χ2n) is 6.07. The van der Waals surface area contributed by atoms with Gasteiger partial charge in [-0.2, -0.15) is 0 Å². The van der Waals surface area contributed by atoms with Gasteiger partial charge in [-0.15, -0.1) is 22.0 Å². The van der Waals surface area contributed by atoms with E-state index in [1.807, 2.05) is 0 Å². The number of carboxylic acids is 1. The number of fused-ring (bicyclic) bond motifs is 1. The van der Waals surface area contributed by atoms with E-state index >= 15 is 0 Å². The van der Waals surface area contributed by atoms with E-state index in [2.05, 4.69) is 15.5 Å². The van der Waals surface area contributed by atoms with E-state index in [0.29, 0.717) is 10.6 Å². The van der Waals surface area contributed by atoms with Crippen LogP contribution >= 0.6 is 23.1 Å². The zero-order valence-corrected chi connectivity index (χ0v) is 17.7. The smallest absolute Gasteiger partial charge is 0.352 e. The highest BCUT2D eigenvalue weighted by molar-refractivity contribution is 8.00. The van der Waals surface area contributed by atoms with Gasteiger partial charge in [0.1, 0.15) is 34.5 Å². The third kappa shape index (κ3) is 4.48. The third-order valence-corrected chi connectivity index (χ3v) is 7.76. The Bertz CT molecular complexity index is 944. The fraction of sp³-hybridized carbons (Fsp3) is 0.467. The highest BCUT2D eigenvalue weighted by Gasteiger charge is 2.54. The van der Waals surface area contributed by atoms with Crippen molar-refractivity contribution in [3.8, 4) is 0 Å². The van der Waals surface area contributed by atoms with Crippen LogP contribution < -0.4 is 5.32 Å². The molecule has 1 unspecified atom stereocenters. The maximum absolute atomic E-state index is 12.5. The van der Waals surface area contributed by atoms with Crippen LogP contribution in [-0.2, 0) is 34.7 Å². The Hall–Kier alpha value is -2.32. The number of hydrogen-bond acceptors (Lipinski definition) is 10. The first kappa shape index (κ1) is 21.4. The second kappa shape index (κ2) is 8.59. The number of esters is 1. The number of hydrogen-bond donors (Lipinski definition) is 2. The molecular formula is C15H16N4O7S3. The largest absolute Gasteiger partial charge is 0.477 e. The normalized spacial score (nSPS) is 21.9. The molecule has 0 spiro atoms. The fourth-order valence-corrected chi connectivity index (χ4v) is 5.98. The lowest BCUT2D eigenvalue weighted by Gasteiger charge is -2.49. The molecule has 0 saturated carbocycles. The standard InChI is InChI=1S/C15H16N4O7S3/c1-6-17-18-15(28-6)29(25)5-9(21)16-10-12(22)19-11(14(23)24)8(3-26-7(2)20)4-27-13(10)19/h10,13H,3-5H2,1-2H3,(H,16,21)(H,23,24)/t10-,13-,29?/m1/s1. The van der Waals surface area contributed by atoms with Gasteiger partial charge in [0, 0.05) is 18.2 Å². The van der Waals surface area contributed by atoms with Crippen molar-refractivity contribution < 1.29 is 33.2 Å². The number of aliphatic carboxylic acids is 1. The molecule has 29 heavy (non-hydrogen) atoms. The number of nitrogens with zero attached hydrogens (tertiary/aromatic N) is 3. The Morgan fingerprint density at radius 2 is 2.10 bits per heavy atom. The predicted molar refractivity (Wildman–Crippen MR) is 102 cm³/mol. The zero-order valence-electron chi connectivity index (χ0n) is 15.2. The number of carbonyl (C=O) groups is 4. The van der Waals surface area contributed by atoms with Crippen molar-refractivity contribution in [1.29, 1.82) is 0 Å². The number of nitrogens with one attached hydrogen (secondary N) is 1. The van der Waals surface area contributed by atoms with E-state index in [1.165, 1.54) is 18.7 Å². The van der Waals surface area contributed by atoms with Crippen LogP contribution in [0.4, 0.5) is 0 Å². The molecular weight excluding hydrogens is 444 g/mol. The van der Waals surface area contributed by atoms with E-state index in [-0.39, 0.29) is 28.1 Å². The van der Waals surface area contributed by atoms with Gasteiger partial charge in [0.05, 0.1) is 10.8 Å². The topological polar surface area (TPSA) is 156 Å². The first-order valence-corrected chi connectivity index (χ1v) is 11.4. The van der Waals surface area contributed by atoms with Crippen LogP contribution in [0.3, 0.4) is 0 Å². The fourth-order valence-electron chi connectivity index (χ4n) is 2.75. The number of thioether (sulfide) groups is 1. The molecule has 3 atom stereocenters. The number of β-lactam (4-membered cyclic amide) rings is 1. The SMILES string of the molecule is CC(=O)OCC1=C(C(=O)O)N2C(=O)[C@@H](NC(=O)CS(=O)c3nnc(C)s3)[C@H]2SC1. The number of amides is 2. The van der Waals surface area contributed by atoms with Crippen molar-refractivity contribution in [2.75, 3.05) is 18.1 Å². The van der Waals surface area contributed by atoms with E-state index < -0.39 is 46.0 Å². The average Bonchev–Trinajstić information content (AvgIpc) is 3.09. The molecule has 1 saturated heterocycles. The van der Waals surface area contributed by atoms with Gasteiger partial charge in [-0.25, -0.2) is 4.79 Å². The Morgan fingerprint density at radius 1 is 1.38 bits per heavy atom. The highest BCUT2D eigenvalue weighted by atomic mass is 32.2. The third-order valence-electron chi connectivity index (χ3n) is 3.98. The van der Waals surface area contributed by atoms with Crippen LogP contribution in [0.15, 0.2) is 15.6 Å². The van der Waals surface area contributed by atoms with Crippen molar-refractivity contribution in [2.24, 2.45) is 0 Å². The van der Waals surface area contributed by atoms with Crippen molar-refractivity contribution in [2.45, 2.75) is 29.6 Å². The van der Waals surface area contributed by atoms with Crippen molar-refractivity contribution in [3.63, 3.8) is 0 Å². The minimum atomic E-state index is -1.69. The number of carbonyl (C=O) groups excluding carboxylic acids is 3. The van der Waals surface area contributed by atoms with Gasteiger partial charge >= 0.3 is 11.9 Å². The zero-order chi connectivity index (χ0) is 21.3. The lowest BCUT2D eigenvalue weighted by atomic mass is 10.0. The number of rotatable bonds is 7. The summed E-state index contributed by atoms with van der Waals surface area (Å²) in [7, 11) is -1.69. The molecule has 2 aliphatic heterocycles. The molecule has 2 aliphatic rings. The summed E-state index contributed by atoms with van der Waals surface area (Å²) in [6.07, 6.45) is 0. The van der Waals surface area contributed by atoms with Crippen LogP contribution in [0.25, 0.3) is 0 Å². The van der Waals surface area contributed by atoms with Gasteiger partial charge in [0.15, 0.2) is 0 Å². The van der Waals surface area contributed by atoms with Crippen molar-refractivity contribution in [3.05, 3.63) is 16.3 Å². The molecule has 3 rings (SSSR count). The van der Waals surface area contributed by atoms with Crippen molar-refractivity contribution in [1.82, 2.24) is 20.4 Å². The quantitative estimate of drug-likeness (QED) is 0.392. The first-order valence-electron chi connectivity index (χ1n) is 8.20. The number of carboxylic acid groups (broad SMARTS) is 1. The van der Waals surface area contributed by atoms with E-state index in [0.717, 1.165) is 16.2 Å². The summed E-state index contributed by atoms with van der Waals surface area (Å²) in [5.41, 5.74) is 0.0678. The van der Waals surface area contributed by atoms with E-state index in [1.54, 1.807) is 6.92 Å². The molecule has 14 heteroatoms. The van der Waals surface area contributed by atoms with Gasteiger partial charge in [-0.1, -0.05) is 11.3 Å². The Balaban J connectivity index is 1.65. The molecule has 1 fully saturated rings. The Morgan fingerprint density at radius 3 is 2.69 bits per heavy atom. The van der Waals surface area contributed by atoms with Gasteiger partial charge in [-0.05, 0) is 6.92 Å². The number of aromatic nitrogens is 2. The van der Waals surface area contributed by atoms with Crippen LogP contribution in [0, 0.1) is 6.92 Å². The minimum absolute atomic E-state index is 0.220. The second-order valence-corrected chi connectivity index (χ2v) is 9.98. The first-order chi connectivity index (χ1) is 13.7. The molecule has 3 heterocycles. The number of aryl methyl sites for hydroxylation is 1. The summed E-state index contributed by atoms with van der Waals surface area (Å²) >= 11 is 2.36. The maximum atomic E-state index is 12.5. The molecule has 1 aromatic rings.